The number of rotatable bonds is 5. The predicted molar refractivity (Wildman–Crippen MR) is 105 cm³/mol. The molecule has 0 saturated carbocycles. The summed E-state index contributed by atoms with van der Waals surface area (Å²) in [4.78, 5) is 26.7. The third-order valence-electron chi connectivity index (χ3n) is 3.98. The van der Waals surface area contributed by atoms with Gasteiger partial charge in [-0.3, -0.25) is 19.0 Å². The Kier molecular flexibility index (Phi) is 5.09. The summed E-state index contributed by atoms with van der Waals surface area (Å²) in [7, 11) is 0. The number of thioether (sulfide) groups is 1. The van der Waals surface area contributed by atoms with Gasteiger partial charge in [-0.1, -0.05) is 42.1 Å². The highest BCUT2D eigenvalue weighted by Gasteiger charge is 2.15. The molecule has 2 aromatic heterocycles. The van der Waals surface area contributed by atoms with E-state index in [1.165, 1.54) is 6.07 Å². The molecule has 0 aliphatic rings. The van der Waals surface area contributed by atoms with Crippen molar-refractivity contribution in [1.29, 1.82) is 0 Å². The maximum atomic E-state index is 13.7. The minimum atomic E-state index is -0.861. The lowest BCUT2D eigenvalue weighted by Crippen LogP contribution is -2.15. The number of halogens is 2. The van der Waals surface area contributed by atoms with Crippen LogP contribution in [0.3, 0.4) is 0 Å². The maximum absolute atomic E-state index is 13.7. The van der Waals surface area contributed by atoms with Gasteiger partial charge < -0.3 is 5.32 Å². The fourth-order valence-corrected chi connectivity index (χ4v) is 3.47. The molecule has 0 saturated heterocycles. The molecular weight excluding hydrogens is 400 g/mol. The lowest BCUT2D eigenvalue weighted by Gasteiger charge is -2.08. The van der Waals surface area contributed by atoms with Gasteiger partial charge >= 0.3 is 0 Å². The summed E-state index contributed by atoms with van der Waals surface area (Å²) in [5.74, 6) is -1.94. The second kappa shape index (κ2) is 7.84. The highest BCUT2D eigenvalue weighted by Crippen LogP contribution is 2.24. The Morgan fingerprint density at radius 2 is 1.90 bits per heavy atom. The van der Waals surface area contributed by atoms with Crippen molar-refractivity contribution in [3.8, 4) is 11.3 Å². The number of benzene rings is 2. The van der Waals surface area contributed by atoms with Gasteiger partial charge in [0.1, 0.15) is 11.6 Å². The number of carbonyl (C=O) groups is 1. The molecule has 29 heavy (non-hydrogen) atoms. The van der Waals surface area contributed by atoms with Crippen LogP contribution in [0.25, 0.3) is 17.0 Å². The molecular formula is C19H13F2N5O2S. The number of hydrogen-bond acceptors (Lipinski definition) is 5. The van der Waals surface area contributed by atoms with Crippen LogP contribution in [0, 0.1) is 11.6 Å². The van der Waals surface area contributed by atoms with E-state index in [0.29, 0.717) is 16.9 Å². The Hall–Kier alpha value is -3.53. The summed E-state index contributed by atoms with van der Waals surface area (Å²) < 4.78 is 28.3. The van der Waals surface area contributed by atoms with Crippen LogP contribution in [-0.2, 0) is 4.79 Å². The number of nitrogens with zero attached hydrogens (tertiary/aromatic N) is 3. The third-order valence-corrected chi connectivity index (χ3v) is 4.91. The number of fused-ring (bicyclic) bond motifs is 1. The predicted octanol–water partition coefficient (Wildman–Crippen LogP) is 3.09. The minimum absolute atomic E-state index is 0.0923. The first-order valence-corrected chi connectivity index (χ1v) is 9.41. The van der Waals surface area contributed by atoms with Crippen molar-refractivity contribution in [2.75, 3.05) is 11.1 Å². The van der Waals surface area contributed by atoms with Crippen molar-refractivity contribution in [3.63, 3.8) is 0 Å². The van der Waals surface area contributed by atoms with Crippen molar-refractivity contribution in [2.45, 2.75) is 5.16 Å². The van der Waals surface area contributed by atoms with Gasteiger partial charge in [0.05, 0.1) is 17.1 Å². The smallest absolute Gasteiger partial charge is 0.252 e. The van der Waals surface area contributed by atoms with Crippen LogP contribution in [0.1, 0.15) is 0 Å². The van der Waals surface area contributed by atoms with Crippen molar-refractivity contribution >= 4 is 29.1 Å². The van der Waals surface area contributed by atoms with Gasteiger partial charge in [0.2, 0.25) is 11.7 Å². The Morgan fingerprint density at radius 3 is 2.66 bits per heavy atom. The van der Waals surface area contributed by atoms with Crippen molar-refractivity contribution < 1.29 is 13.6 Å². The van der Waals surface area contributed by atoms with E-state index in [9.17, 15) is 18.4 Å². The standard InChI is InChI=1S/C19H13F2N5O2S/c20-12-6-7-14(13(21)8-12)22-17(28)10-29-19-25-24-18-23-16(27)9-15(26(18)19)11-4-2-1-3-5-11/h1-9H,10H2,(H,22,28)(H,23,24,27). The Balaban J connectivity index is 1.58. The molecule has 0 unspecified atom stereocenters. The number of H-pyrrole nitrogens is 1. The minimum Gasteiger partial charge on any atom is -0.323 e. The average Bonchev–Trinajstić information content (AvgIpc) is 3.11. The number of aromatic amines is 1. The molecule has 0 fully saturated rings. The largest absolute Gasteiger partial charge is 0.323 e. The number of carbonyl (C=O) groups excluding carboxylic acids is 1. The molecule has 0 spiro atoms. The SMILES string of the molecule is O=C(CSc1nnc2[nH]c(=O)cc(-c3ccccc3)n12)Nc1ccc(F)cc1F. The summed E-state index contributed by atoms with van der Waals surface area (Å²) in [6.45, 7) is 0. The van der Waals surface area contributed by atoms with Gasteiger partial charge in [0, 0.05) is 12.1 Å². The summed E-state index contributed by atoms with van der Waals surface area (Å²) >= 11 is 1.07. The normalized spacial score (nSPS) is 11.0. The van der Waals surface area contributed by atoms with Gasteiger partial charge in [-0.15, -0.1) is 10.2 Å². The van der Waals surface area contributed by atoms with Gasteiger partial charge in [-0.2, -0.15) is 0 Å². The average molecular weight is 413 g/mol. The second-order valence-corrected chi connectivity index (χ2v) is 6.93. The lowest BCUT2D eigenvalue weighted by molar-refractivity contribution is -0.113. The van der Waals surface area contributed by atoms with E-state index >= 15 is 0 Å². The van der Waals surface area contributed by atoms with Crippen molar-refractivity contribution in [1.82, 2.24) is 19.6 Å². The Bertz CT molecular complexity index is 1260. The zero-order valence-electron chi connectivity index (χ0n) is 14.7. The number of hydrogen-bond donors (Lipinski definition) is 2. The summed E-state index contributed by atoms with van der Waals surface area (Å²) in [6, 6.07) is 13.5. The van der Waals surface area contributed by atoms with Crippen molar-refractivity contribution in [2.24, 2.45) is 0 Å². The highest BCUT2D eigenvalue weighted by atomic mass is 32.2. The number of nitrogens with one attached hydrogen (secondary N) is 2. The number of aromatic nitrogens is 4. The first kappa shape index (κ1) is 18.8. The van der Waals surface area contributed by atoms with Crippen LogP contribution in [-0.4, -0.2) is 31.2 Å². The summed E-state index contributed by atoms with van der Waals surface area (Å²) in [6.07, 6.45) is 0. The molecule has 2 heterocycles. The van der Waals surface area contributed by atoms with E-state index in [0.717, 1.165) is 29.5 Å². The molecule has 10 heteroatoms. The van der Waals surface area contributed by atoms with Crippen LogP contribution >= 0.6 is 11.8 Å². The third kappa shape index (κ3) is 4.02. The molecule has 0 radical (unpaired) electrons. The summed E-state index contributed by atoms with van der Waals surface area (Å²) in [5, 5.41) is 10.8. The molecule has 0 aliphatic heterocycles. The number of anilines is 1. The van der Waals surface area contributed by atoms with Crippen LogP contribution in [0.15, 0.2) is 64.5 Å². The molecule has 4 rings (SSSR count). The fraction of sp³-hybridized carbons (Fsp3) is 0.0526. The molecule has 4 aromatic rings. The lowest BCUT2D eigenvalue weighted by atomic mass is 10.1. The fourth-order valence-electron chi connectivity index (χ4n) is 2.73. The van der Waals surface area contributed by atoms with Crippen LogP contribution in [0.4, 0.5) is 14.5 Å². The second-order valence-electron chi connectivity index (χ2n) is 5.99. The monoisotopic (exact) mass is 413 g/mol. The topological polar surface area (TPSA) is 92.2 Å². The van der Waals surface area contributed by atoms with Gasteiger partial charge in [0.25, 0.3) is 5.56 Å². The Labute approximate surface area is 166 Å². The molecule has 146 valence electrons. The zero-order chi connectivity index (χ0) is 20.4. The molecule has 0 bridgehead atoms. The van der Waals surface area contributed by atoms with E-state index in [1.807, 2.05) is 30.3 Å². The Morgan fingerprint density at radius 1 is 1.10 bits per heavy atom. The molecule has 1 amide bonds. The van der Waals surface area contributed by atoms with Crippen molar-refractivity contribution in [3.05, 3.63) is 76.6 Å². The van der Waals surface area contributed by atoms with Crippen LogP contribution in [0.2, 0.25) is 0 Å². The first-order valence-electron chi connectivity index (χ1n) is 8.43. The molecule has 7 nitrogen and oxygen atoms in total. The molecule has 0 aliphatic carbocycles. The quantitative estimate of drug-likeness (QED) is 0.491. The van der Waals surface area contributed by atoms with Gasteiger partial charge in [0.15, 0.2) is 5.16 Å². The van der Waals surface area contributed by atoms with E-state index in [2.05, 4.69) is 20.5 Å². The zero-order valence-corrected chi connectivity index (χ0v) is 15.5. The number of amides is 1. The maximum Gasteiger partial charge on any atom is 0.252 e. The van der Waals surface area contributed by atoms with E-state index in [1.54, 1.807) is 4.40 Å². The molecule has 2 N–H and O–H groups in total. The van der Waals surface area contributed by atoms with Crippen LogP contribution in [0.5, 0.6) is 0 Å². The van der Waals surface area contributed by atoms with Gasteiger partial charge in [-0.25, -0.2) is 8.78 Å². The molecule has 0 atom stereocenters. The van der Waals surface area contributed by atoms with Gasteiger partial charge in [-0.05, 0) is 17.7 Å². The molecule has 2 aromatic carbocycles. The highest BCUT2D eigenvalue weighted by molar-refractivity contribution is 7.99. The van der Waals surface area contributed by atoms with E-state index < -0.39 is 17.5 Å². The van der Waals surface area contributed by atoms with Crippen LogP contribution < -0.4 is 10.9 Å². The van der Waals surface area contributed by atoms with E-state index in [4.69, 9.17) is 0 Å². The van der Waals surface area contributed by atoms with E-state index in [-0.39, 0.29) is 22.8 Å². The first-order chi connectivity index (χ1) is 14.0. The summed E-state index contributed by atoms with van der Waals surface area (Å²) in [5.41, 5.74) is 0.909.